The fourth-order valence-electron chi connectivity index (χ4n) is 2.12. The summed E-state index contributed by atoms with van der Waals surface area (Å²) < 4.78 is 0.886. The Bertz CT molecular complexity index is 456. The Morgan fingerprint density at radius 1 is 1.10 bits per heavy atom. The molecule has 1 rings (SSSR count). The molecule has 0 spiro atoms. The van der Waals surface area contributed by atoms with E-state index in [2.05, 4.69) is 43.6 Å². The van der Waals surface area contributed by atoms with Gasteiger partial charge in [0.1, 0.15) is 0 Å². The molecule has 1 aromatic carbocycles. The number of halogens is 1. The van der Waals surface area contributed by atoms with E-state index >= 15 is 0 Å². The van der Waals surface area contributed by atoms with Crippen molar-refractivity contribution in [3.8, 4) is 0 Å². The maximum absolute atomic E-state index is 12.8. The third kappa shape index (κ3) is 6.21. The van der Waals surface area contributed by atoms with E-state index in [-0.39, 0.29) is 5.91 Å². The van der Waals surface area contributed by atoms with Crippen LogP contribution >= 0.6 is 15.9 Å². The van der Waals surface area contributed by atoms with Crippen molar-refractivity contribution in [2.45, 2.75) is 47.5 Å². The minimum absolute atomic E-state index is 0.145. The first-order valence-corrected chi connectivity index (χ1v) is 8.66. The second kappa shape index (κ2) is 8.57. The van der Waals surface area contributed by atoms with E-state index in [1.807, 2.05) is 30.0 Å². The molecule has 3 heteroatoms. The predicted octanol–water partition coefficient (Wildman–Crippen LogP) is 5.29. The Hall–Kier alpha value is -0.830. The molecule has 0 aromatic heterocycles. The number of amides is 1. The van der Waals surface area contributed by atoms with Crippen LogP contribution in [0.15, 0.2) is 22.7 Å². The third-order valence-corrected chi connectivity index (χ3v) is 4.28. The maximum atomic E-state index is 12.8. The van der Waals surface area contributed by atoms with Crippen molar-refractivity contribution < 1.29 is 4.79 Å². The molecule has 0 atom stereocenters. The van der Waals surface area contributed by atoms with Gasteiger partial charge in [-0.3, -0.25) is 4.79 Å². The molecule has 0 fully saturated rings. The van der Waals surface area contributed by atoms with Gasteiger partial charge in [-0.1, -0.05) is 39.3 Å². The van der Waals surface area contributed by atoms with E-state index in [9.17, 15) is 4.79 Å². The predicted molar refractivity (Wildman–Crippen MR) is 93.7 cm³/mol. The van der Waals surface area contributed by atoms with Crippen molar-refractivity contribution in [1.29, 1.82) is 0 Å². The summed E-state index contributed by atoms with van der Waals surface area (Å²) in [4.78, 5) is 14.9. The van der Waals surface area contributed by atoms with Crippen LogP contribution in [0.3, 0.4) is 0 Å². The Kier molecular flexibility index (Phi) is 7.44. The van der Waals surface area contributed by atoms with Crippen LogP contribution in [0.1, 0.15) is 56.5 Å². The van der Waals surface area contributed by atoms with Crippen molar-refractivity contribution >= 4 is 21.8 Å². The quantitative estimate of drug-likeness (QED) is 0.651. The van der Waals surface area contributed by atoms with E-state index in [1.54, 1.807) is 0 Å². The molecule has 118 valence electrons. The summed E-state index contributed by atoms with van der Waals surface area (Å²) in [5.41, 5.74) is 1.90. The van der Waals surface area contributed by atoms with Gasteiger partial charge in [0.15, 0.2) is 0 Å². The van der Waals surface area contributed by atoms with Gasteiger partial charge in [0.05, 0.1) is 5.56 Å². The molecule has 1 amide bonds. The van der Waals surface area contributed by atoms with Gasteiger partial charge in [0, 0.05) is 17.6 Å². The number of hydrogen-bond donors (Lipinski definition) is 0. The highest BCUT2D eigenvalue weighted by Gasteiger charge is 2.18. The molecule has 0 radical (unpaired) electrons. The highest BCUT2D eigenvalue weighted by molar-refractivity contribution is 9.10. The number of nitrogens with zero attached hydrogens (tertiary/aromatic N) is 1. The van der Waals surface area contributed by atoms with Crippen LogP contribution in [0, 0.1) is 18.8 Å². The Labute approximate surface area is 138 Å². The number of carbonyl (C=O) groups excluding carboxylic acids is 1. The average molecular weight is 354 g/mol. The lowest BCUT2D eigenvalue weighted by atomic mass is 10.1. The number of carbonyl (C=O) groups is 1. The molecule has 0 saturated carbocycles. The lowest BCUT2D eigenvalue weighted by Gasteiger charge is -2.25. The molecule has 0 aliphatic heterocycles. The fraction of sp³-hybridized carbons (Fsp3) is 0.611. The molecular formula is C18H28BrNO. The van der Waals surface area contributed by atoms with Crippen molar-refractivity contribution in [2.75, 3.05) is 13.1 Å². The van der Waals surface area contributed by atoms with Crippen LogP contribution < -0.4 is 0 Å². The second-order valence-corrected chi connectivity index (χ2v) is 7.49. The van der Waals surface area contributed by atoms with E-state index in [4.69, 9.17) is 0 Å². The van der Waals surface area contributed by atoms with Gasteiger partial charge in [-0.25, -0.2) is 0 Å². The van der Waals surface area contributed by atoms with E-state index in [0.29, 0.717) is 11.8 Å². The van der Waals surface area contributed by atoms with Crippen LogP contribution in [-0.2, 0) is 0 Å². The summed E-state index contributed by atoms with van der Waals surface area (Å²) >= 11 is 3.51. The van der Waals surface area contributed by atoms with Gasteiger partial charge in [-0.15, -0.1) is 0 Å². The van der Waals surface area contributed by atoms with Crippen LogP contribution in [0.2, 0.25) is 0 Å². The van der Waals surface area contributed by atoms with E-state index in [0.717, 1.165) is 41.5 Å². The normalized spacial score (nSPS) is 11.2. The van der Waals surface area contributed by atoms with Crippen molar-refractivity contribution in [3.05, 3.63) is 33.8 Å². The summed E-state index contributed by atoms with van der Waals surface area (Å²) in [6, 6.07) is 5.96. The number of hydrogen-bond acceptors (Lipinski definition) is 1. The van der Waals surface area contributed by atoms with Crippen molar-refractivity contribution in [2.24, 2.45) is 11.8 Å². The summed E-state index contributed by atoms with van der Waals surface area (Å²) in [7, 11) is 0. The van der Waals surface area contributed by atoms with Crippen molar-refractivity contribution in [1.82, 2.24) is 4.90 Å². The van der Waals surface area contributed by atoms with Crippen LogP contribution in [0.25, 0.3) is 0 Å². The SMILES string of the molecule is Cc1ccc(Br)c(C(=O)N(CCC(C)C)CCC(C)C)c1. The lowest BCUT2D eigenvalue weighted by Crippen LogP contribution is -2.34. The number of rotatable bonds is 7. The number of aryl methyl sites for hydroxylation is 1. The minimum atomic E-state index is 0.145. The smallest absolute Gasteiger partial charge is 0.255 e. The molecule has 21 heavy (non-hydrogen) atoms. The first-order valence-electron chi connectivity index (χ1n) is 7.86. The largest absolute Gasteiger partial charge is 0.339 e. The van der Waals surface area contributed by atoms with Gasteiger partial charge in [-0.2, -0.15) is 0 Å². The standard InChI is InChI=1S/C18H28BrNO/c1-13(2)8-10-20(11-9-14(3)4)18(21)16-12-15(5)6-7-17(16)19/h6-7,12-14H,8-11H2,1-5H3. The topological polar surface area (TPSA) is 20.3 Å². The van der Waals surface area contributed by atoms with Crippen LogP contribution in [-0.4, -0.2) is 23.9 Å². The fourth-order valence-corrected chi connectivity index (χ4v) is 2.53. The van der Waals surface area contributed by atoms with E-state index in [1.165, 1.54) is 0 Å². The highest BCUT2D eigenvalue weighted by atomic mass is 79.9. The molecule has 0 saturated heterocycles. The molecule has 0 unspecified atom stereocenters. The summed E-state index contributed by atoms with van der Waals surface area (Å²) in [6.45, 7) is 12.5. The van der Waals surface area contributed by atoms with Crippen LogP contribution in [0.5, 0.6) is 0 Å². The zero-order chi connectivity index (χ0) is 16.0. The Balaban J connectivity index is 2.89. The van der Waals surface area contributed by atoms with Crippen molar-refractivity contribution in [3.63, 3.8) is 0 Å². The zero-order valence-electron chi connectivity index (χ0n) is 13.9. The summed E-state index contributed by atoms with van der Waals surface area (Å²) in [5, 5.41) is 0. The van der Waals surface area contributed by atoms with Gasteiger partial charge in [0.2, 0.25) is 0 Å². The Morgan fingerprint density at radius 3 is 2.10 bits per heavy atom. The first-order chi connectivity index (χ1) is 9.81. The van der Waals surface area contributed by atoms with Gasteiger partial charge < -0.3 is 4.90 Å². The highest BCUT2D eigenvalue weighted by Crippen LogP contribution is 2.21. The molecular weight excluding hydrogens is 326 g/mol. The first kappa shape index (κ1) is 18.2. The monoisotopic (exact) mass is 353 g/mol. The molecule has 0 N–H and O–H groups in total. The third-order valence-electron chi connectivity index (χ3n) is 3.59. The lowest BCUT2D eigenvalue weighted by molar-refractivity contribution is 0.0740. The molecule has 0 aliphatic carbocycles. The average Bonchev–Trinajstić information content (AvgIpc) is 2.40. The maximum Gasteiger partial charge on any atom is 0.255 e. The molecule has 0 aliphatic rings. The van der Waals surface area contributed by atoms with Gasteiger partial charge in [0.25, 0.3) is 5.91 Å². The molecule has 0 heterocycles. The minimum Gasteiger partial charge on any atom is -0.339 e. The summed E-state index contributed by atoms with van der Waals surface area (Å²) in [6.07, 6.45) is 2.10. The molecule has 1 aromatic rings. The second-order valence-electron chi connectivity index (χ2n) is 6.64. The van der Waals surface area contributed by atoms with E-state index < -0.39 is 0 Å². The Morgan fingerprint density at radius 2 is 1.62 bits per heavy atom. The molecule has 2 nitrogen and oxygen atoms in total. The molecule has 0 bridgehead atoms. The summed E-state index contributed by atoms with van der Waals surface area (Å²) in [5.74, 6) is 1.37. The number of benzene rings is 1. The zero-order valence-corrected chi connectivity index (χ0v) is 15.5. The van der Waals surface area contributed by atoms with Crippen LogP contribution in [0.4, 0.5) is 0 Å². The van der Waals surface area contributed by atoms with Gasteiger partial charge in [-0.05, 0) is 59.7 Å². The van der Waals surface area contributed by atoms with Gasteiger partial charge >= 0.3 is 0 Å².